The maximum absolute atomic E-state index is 12.3. The van der Waals surface area contributed by atoms with Gasteiger partial charge in [0, 0.05) is 29.2 Å². The number of carbonyl (C=O) groups excluding carboxylic acids is 2. The first kappa shape index (κ1) is 19.9. The lowest BCUT2D eigenvalue weighted by molar-refractivity contribution is -0.115. The number of rotatable bonds is 6. The third-order valence-electron chi connectivity index (χ3n) is 3.79. The van der Waals surface area contributed by atoms with Crippen LogP contribution in [0.5, 0.6) is 0 Å². The molecule has 0 radical (unpaired) electrons. The first-order chi connectivity index (χ1) is 13.4. The zero-order valence-corrected chi connectivity index (χ0v) is 16.9. The highest BCUT2D eigenvalue weighted by atomic mass is 35.5. The van der Waals surface area contributed by atoms with Crippen LogP contribution in [0.25, 0.3) is 11.3 Å². The van der Waals surface area contributed by atoms with E-state index in [1.807, 2.05) is 36.6 Å². The molecule has 0 bridgehead atoms. The van der Waals surface area contributed by atoms with E-state index in [1.165, 1.54) is 6.92 Å². The van der Waals surface area contributed by atoms with Crippen LogP contribution in [0, 0.1) is 6.92 Å². The Bertz CT molecular complexity index is 1020. The predicted molar refractivity (Wildman–Crippen MR) is 115 cm³/mol. The molecule has 28 heavy (non-hydrogen) atoms. The second-order valence-corrected chi connectivity index (χ2v) is 7.58. The van der Waals surface area contributed by atoms with Crippen molar-refractivity contribution in [3.63, 3.8) is 0 Å². The Kier molecular flexibility index (Phi) is 6.28. The summed E-state index contributed by atoms with van der Waals surface area (Å²) >= 11 is 7.74. The molecule has 2 aromatic carbocycles. The van der Waals surface area contributed by atoms with E-state index in [9.17, 15) is 9.59 Å². The molecule has 8 heteroatoms. The van der Waals surface area contributed by atoms with Gasteiger partial charge >= 0.3 is 0 Å². The van der Waals surface area contributed by atoms with Crippen molar-refractivity contribution in [3.8, 4) is 11.3 Å². The zero-order valence-electron chi connectivity index (χ0n) is 15.4. The lowest BCUT2D eigenvalue weighted by Gasteiger charge is -2.11. The Hall–Kier alpha value is -2.90. The number of anilines is 3. The van der Waals surface area contributed by atoms with Gasteiger partial charge in [-0.25, -0.2) is 4.98 Å². The SMILES string of the molecule is CC(=O)Nc1ccc(Cl)c(NCC(=O)Nc2cccc(-c3csc(C)n3)c2)c1. The number of aryl methyl sites for hydroxylation is 1. The second kappa shape index (κ2) is 8.86. The summed E-state index contributed by atoms with van der Waals surface area (Å²) in [6.07, 6.45) is 0. The van der Waals surface area contributed by atoms with Crippen molar-refractivity contribution in [3.05, 3.63) is 57.9 Å². The largest absolute Gasteiger partial charge is 0.375 e. The highest BCUT2D eigenvalue weighted by Crippen LogP contribution is 2.26. The lowest BCUT2D eigenvalue weighted by Crippen LogP contribution is -2.22. The molecule has 0 aliphatic rings. The van der Waals surface area contributed by atoms with Crippen molar-refractivity contribution in [1.82, 2.24) is 4.98 Å². The molecule has 0 saturated carbocycles. The third-order valence-corrected chi connectivity index (χ3v) is 4.89. The molecule has 0 aliphatic heterocycles. The molecule has 0 aliphatic carbocycles. The average molecular weight is 415 g/mol. The van der Waals surface area contributed by atoms with Gasteiger partial charge in [0.05, 0.1) is 28.0 Å². The van der Waals surface area contributed by atoms with E-state index >= 15 is 0 Å². The van der Waals surface area contributed by atoms with Gasteiger partial charge in [0.2, 0.25) is 11.8 Å². The van der Waals surface area contributed by atoms with E-state index in [0.29, 0.717) is 22.1 Å². The van der Waals surface area contributed by atoms with E-state index in [2.05, 4.69) is 20.9 Å². The summed E-state index contributed by atoms with van der Waals surface area (Å²) in [6, 6.07) is 12.6. The molecule has 6 nitrogen and oxygen atoms in total. The van der Waals surface area contributed by atoms with Crippen LogP contribution in [0.1, 0.15) is 11.9 Å². The number of carbonyl (C=O) groups is 2. The van der Waals surface area contributed by atoms with Crippen molar-refractivity contribution in [2.45, 2.75) is 13.8 Å². The Labute approximate surface area is 172 Å². The number of halogens is 1. The molecule has 0 fully saturated rings. The van der Waals surface area contributed by atoms with Gasteiger partial charge in [-0.2, -0.15) is 0 Å². The summed E-state index contributed by atoms with van der Waals surface area (Å²) in [5.74, 6) is -0.395. The van der Waals surface area contributed by atoms with Crippen LogP contribution in [0.15, 0.2) is 47.8 Å². The summed E-state index contributed by atoms with van der Waals surface area (Å²) in [4.78, 5) is 28.0. The molecule has 3 aromatic rings. The van der Waals surface area contributed by atoms with Crippen LogP contribution in [-0.4, -0.2) is 23.3 Å². The number of nitrogens with zero attached hydrogens (tertiary/aromatic N) is 1. The number of nitrogens with one attached hydrogen (secondary N) is 3. The molecular weight excluding hydrogens is 396 g/mol. The van der Waals surface area contributed by atoms with Gasteiger partial charge < -0.3 is 16.0 Å². The average Bonchev–Trinajstić information content (AvgIpc) is 3.08. The van der Waals surface area contributed by atoms with Crippen LogP contribution in [-0.2, 0) is 9.59 Å². The molecule has 1 aromatic heterocycles. The van der Waals surface area contributed by atoms with Gasteiger partial charge in [0.25, 0.3) is 0 Å². The normalized spacial score (nSPS) is 10.4. The quantitative estimate of drug-likeness (QED) is 0.542. The van der Waals surface area contributed by atoms with E-state index < -0.39 is 0 Å². The number of aromatic nitrogens is 1. The number of hydrogen-bond donors (Lipinski definition) is 3. The van der Waals surface area contributed by atoms with E-state index in [4.69, 9.17) is 11.6 Å². The number of amides is 2. The highest BCUT2D eigenvalue weighted by molar-refractivity contribution is 7.09. The van der Waals surface area contributed by atoms with Crippen LogP contribution in [0.3, 0.4) is 0 Å². The minimum atomic E-state index is -0.215. The summed E-state index contributed by atoms with van der Waals surface area (Å²) in [5.41, 5.74) is 3.69. The molecule has 0 saturated heterocycles. The maximum atomic E-state index is 12.3. The fourth-order valence-electron chi connectivity index (χ4n) is 2.57. The molecule has 1 heterocycles. The predicted octanol–water partition coefficient (Wildman–Crippen LogP) is 4.78. The monoisotopic (exact) mass is 414 g/mol. The van der Waals surface area contributed by atoms with E-state index in [1.54, 1.807) is 29.5 Å². The first-order valence-corrected chi connectivity index (χ1v) is 9.80. The minimum absolute atomic E-state index is 0.0310. The molecule has 2 amide bonds. The maximum Gasteiger partial charge on any atom is 0.243 e. The number of thiazole rings is 1. The van der Waals surface area contributed by atoms with Crippen LogP contribution < -0.4 is 16.0 Å². The van der Waals surface area contributed by atoms with Crippen molar-refractivity contribution >= 4 is 51.8 Å². The van der Waals surface area contributed by atoms with Gasteiger partial charge in [-0.1, -0.05) is 23.7 Å². The second-order valence-electron chi connectivity index (χ2n) is 6.11. The van der Waals surface area contributed by atoms with Crippen LogP contribution in [0.4, 0.5) is 17.1 Å². The number of hydrogen-bond acceptors (Lipinski definition) is 5. The van der Waals surface area contributed by atoms with Crippen LogP contribution >= 0.6 is 22.9 Å². The number of benzene rings is 2. The molecular formula is C20H19ClN4O2S. The highest BCUT2D eigenvalue weighted by Gasteiger charge is 2.08. The smallest absolute Gasteiger partial charge is 0.243 e. The summed E-state index contributed by atoms with van der Waals surface area (Å²) < 4.78 is 0. The third kappa shape index (κ3) is 5.31. The Morgan fingerprint density at radius 2 is 1.89 bits per heavy atom. The van der Waals surface area contributed by atoms with E-state index in [0.717, 1.165) is 16.3 Å². The Morgan fingerprint density at radius 3 is 2.61 bits per heavy atom. The summed E-state index contributed by atoms with van der Waals surface area (Å²) in [6.45, 7) is 3.41. The van der Waals surface area contributed by atoms with E-state index in [-0.39, 0.29) is 18.4 Å². The topological polar surface area (TPSA) is 83.1 Å². The molecule has 144 valence electrons. The van der Waals surface area contributed by atoms with Gasteiger partial charge in [-0.3, -0.25) is 9.59 Å². The Morgan fingerprint density at radius 1 is 1.11 bits per heavy atom. The zero-order chi connectivity index (χ0) is 20.1. The van der Waals surface area contributed by atoms with Crippen molar-refractivity contribution in [2.24, 2.45) is 0 Å². The Balaban J connectivity index is 1.63. The molecule has 0 atom stereocenters. The van der Waals surface area contributed by atoms with Gasteiger partial charge in [0.1, 0.15) is 0 Å². The lowest BCUT2D eigenvalue weighted by atomic mass is 10.1. The standard InChI is InChI=1S/C20H19ClN4O2S/c1-12(26)23-16-6-7-17(21)18(9-16)22-10-20(27)25-15-5-3-4-14(8-15)19-11-28-13(2)24-19/h3-9,11,22H,10H2,1-2H3,(H,23,26)(H,25,27). The molecule has 3 N–H and O–H groups in total. The molecule has 0 unspecified atom stereocenters. The van der Waals surface area contributed by atoms with Crippen molar-refractivity contribution in [2.75, 3.05) is 22.5 Å². The molecule has 0 spiro atoms. The summed E-state index contributed by atoms with van der Waals surface area (Å²) in [7, 11) is 0. The van der Waals surface area contributed by atoms with Crippen LogP contribution in [0.2, 0.25) is 5.02 Å². The van der Waals surface area contributed by atoms with Gasteiger partial charge in [0.15, 0.2) is 0 Å². The van der Waals surface area contributed by atoms with Gasteiger partial charge in [-0.05, 0) is 37.3 Å². The van der Waals surface area contributed by atoms with Gasteiger partial charge in [-0.15, -0.1) is 11.3 Å². The van der Waals surface area contributed by atoms with Crippen molar-refractivity contribution in [1.29, 1.82) is 0 Å². The first-order valence-electron chi connectivity index (χ1n) is 8.54. The molecule has 3 rings (SSSR count). The summed E-state index contributed by atoms with van der Waals surface area (Å²) in [5, 5.41) is 12.0. The minimum Gasteiger partial charge on any atom is -0.375 e. The fourth-order valence-corrected chi connectivity index (χ4v) is 3.38. The van der Waals surface area contributed by atoms with Crippen molar-refractivity contribution < 1.29 is 9.59 Å². The fraction of sp³-hybridized carbons (Fsp3) is 0.150.